The molecule has 2 heterocycles. The third-order valence-corrected chi connectivity index (χ3v) is 13.3. The van der Waals surface area contributed by atoms with Gasteiger partial charge in [-0.1, -0.05) is 140 Å². The summed E-state index contributed by atoms with van der Waals surface area (Å²) in [5, 5.41) is 2.28. The highest BCUT2D eigenvalue weighted by Gasteiger charge is 2.19. The van der Waals surface area contributed by atoms with Gasteiger partial charge in [0.05, 0.1) is 0 Å². The zero-order valence-electron chi connectivity index (χ0n) is 39.0. The summed E-state index contributed by atoms with van der Waals surface area (Å²) in [6, 6.07) is 93.5. The summed E-state index contributed by atoms with van der Waals surface area (Å²) in [4.78, 5) is 14.2. The molecule has 0 fully saturated rings. The number of nitrogens with zero attached hydrogens (tertiary/aromatic N) is 4. The quantitative estimate of drug-likeness (QED) is 0.129. The number of fused-ring (bicyclic) bond motifs is 3. The Morgan fingerprint density at radius 1 is 0.236 bits per heavy atom. The second-order valence-electron chi connectivity index (χ2n) is 17.9. The summed E-state index contributed by atoms with van der Waals surface area (Å²) in [7, 11) is 0. The Morgan fingerprint density at radius 2 is 0.583 bits per heavy atom. The van der Waals surface area contributed by atoms with Gasteiger partial charge in [-0.3, -0.25) is 0 Å². The third-order valence-electron chi connectivity index (χ3n) is 13.3. The molecule has 13 aromatic rings. The fourth-order valence-electron chi connectivity index (χ4n) is 9.68. The molecule has 6 nitrogen and oxygen atoms in total. The summed E-state index contributed by atoms with van der Waals surface area (Å²) >= 11 is 0. The van der Waals surface area contributed by atoms with Gasteiger partial charge in [0, 0.05) is 45.3 Å². The first-order valence-electron chi connectivity index (χ1n) is 24.1. The normalized spacial score (nSPS) is 11.3. The van der Waals surface area contributed by atoms with E-state index in [2.05, 4.69) is 228 Å². The van der Waals surface area contributed by atoms with E-state index in [1.165, 1.54) is 5.56 Å². The van der Waals surface area contributed by atoms with Crippen molar-refractivity contribution in [3.63, 3.8) is 0 Å². The highest BCUT2D eigenvalue weighted by Crippen LogP contribution is 2.42. The molecule has 0 aliphatic heterocycles. The van der Waals surface area contributed by atoms with Crippen LogP contribution in [-0.2, 0) is 0 Å². The number of rotatable bonds is 11. The SMILES string of the molecule is c1ccc(-c2cccc(N(c3ccc(-c4nc5ccccc5o4)cc3)c3cccc(-c4ccc5cc(N(c6ccc(-c7nc8ccccc8o7)cc6)c6cccc(-c7ccccc7)c6)ccc5c4)c3)c2)cc1. The van der Waals surface area contributed by atoms with Crippen LogP contribution < -0.4 is 9.80 Å². The Kier molecular flexibility index (Phi) is 10.7. The van der Waals surface area contributed by atoms with Crippen molar-refractivity contribution in [1.29, 1.82) is 0 Å². The van der Waals surface area contributed by atoms with Crippen molar-refractivity contribution < 1.29 is 8.83 Å². The Morgan fingerprint density at radius 3 is 1.06 bits per heavy atom. The molecular weight excluding hydrogens is 881 g/mol. The number of oxazole rings is 2. The van der Waals surface area contributed by atoms with Gasteiger partial charge in [-0.15, -0.1) is 0 Å². The van der Waals surface area contributed by atoms with E-state index in [9.17, 15) is 0 Å². The molecule has 0 saturated carbocycles. The minimum absolute atomic E-state index is 0.599. The highest BCUT2D eigenvalue weighted by atomic mass is 16.4. The van der Waals surface area contributed by atoms with Crippen LogP contribution in [0.15, 0.2) is 276 Å². The number of anilines is 6. The van der Waals surface area contributed by atoms with Gasteiger partial charge in [0.2, 0.25) is 11.8 Å². The van der Waals surface area contributed by atoms with Crippen LogP contribution in [0.5, 0.6) is 0 Å². The number of hydrogen-bond donors (Lipinski definition) is 0. The van der Waals surface area contributed by atoms with E-state index in [1.54, 1.807) is 0 Å². The van der Waals surface area contributed by atoms with Crippen molar-refractivity contribution in [2.75, 3.05) is 9.80 Å². The van der Waals surface area contributed by atoms with Crippen molar-refractivity contribution in [2.24, 2.45) is 0 Å². The molecule has 0 aliphatic carbocycles. The fraction of sp³-hybridized carbons (Fsp3) is 0. The fourth-order valence-corrected chi connectivity index (χ4v) is 9.68. The molecule has 13 rings (SSSR count). The van der Waals surface area contributed by atoms with Crippen molar-refractivity contribution in [3.05, 3.63) is 267 Å². The molecule has 0 spiro atoms. The molecule has 11 aromatic carbocycles. The van der Waals surface area contributed by atoms with Crippen molar-refractivity contribution in [1.82, 2.24) is 9.97 Å². The standard InChI is InChI=1S/C66H44N4O2/c1-3-14-45(15-4-1)49-18-11-21-57(41-49)69(55-35-30-47(31-36-55)65-67-61-24-7-9-26-63(61)71-65)59-23-13-20-51(43-59)52-28-29-54-44-60(39-34-53(54)40-52)70(58-22-12-19-50(42-58)46-16-5-2-6-17-46)56-37-32-48(33-38-56)66-68-62-25-8-10-27-64(62)72-66/h1-44H. The van der Waals surface area contributed by atoms with E-state index in [4.69, 9.17) is 18.8 Å². The van der Waals surface area contributed by atoms with Gasteiger partial charge < -0.3 is 18.6 Å². The molecule has 0 bridgehead atoms. The van der Waals surface area contributed by atoms with Crippen LogP contribution in [0.4, 0.5) is 34.1 Å². The van der Waals surface area contributed by atoms with E-state index in [1.807, 2.05) is 48.5 Å². The molecule has 72 heavy (non-hydrogen) atoms. The van der Waals surface area contributed by atoms with Crippen LogP contribution in [0.1, 0.15) is 0 Å². The van der Waals surface area contributed by atoms with Gasteiger partial charge in [-0.2, -0.15) is 0 Å². The van der Waals surface area contributed by atoms with Crippen LogP contribution in [0.25, 0.3) is 89.3 Å². The van der Waals surface area contributed by atoms with E-state index < -0.39 is 0 Å². The van der Waals surface area contributed by atoms with Gasteiger partial charge in [0.15, 0.2) is 11.2 Å². The molecule has 0 atom stereocenters. The van der Waals surface area contributed by atoms with E-state index in [-0.39, 0.29) is 0 Å². The highest BCUT2D eigenvalue weighted by molar-refractivity contribution is 5.93. The lowest BCUT2D eigenvalue weighted by molar-refractivity contribution is 0.619. The van der Waals surface area contributed by atoms with Crippen molar-refractivity contribution in [3.8, 4) is 56.3 Å². The first-order valence-corrected chi connectivity index (χ1v) is 24.1. The summed E-state index contributed by atoms with van der Waals surface area (Å²) in [5.74, 6) is 1.20. The van der Waals surface area contributed by atoms with Crippen LogP contribution in [-0.4, -0.2) is 9.97 Å². The van der Waals surface area contributed by atoms with Gasteiger partial charge in [-0.25, -0.2) is 9.97 Å². The maximum absolute atomic E-state index is 6.16. The van der Waals surface area contributed by atoms with Crippen LogP contribution in [0.2, 0.25) is 0 Å². The summed E-state index contributed by atoms with van der Waals surface area (Å²) in [6.07, 6.45) is 0. The first-order chi connectivity index (χ1) is 35.6. The molecule has 2 aromatic heterocycles. The first kappa shape index (κ1) is 42.3. The van der Waals surface area contributed by atoms with E-state index in [0.29, 0.717) is 11.8 Å². The lowest BCUT2D eigenvalue weighted by Gasteiger charge is -2.27. The summed E-state index contributed by atoms with van der Waals surface area (Å²) in [6.45, 7) is 0. The summed E-state index contributed by atoms with van der Waals surface area (Å²) < 4.78 is 12.3. The predicted octanol–water partition coefficient (Wildman–Crippen LogP) is 18.4. The van der Waals surface area contributed by atoms with Crippen LogP contribution >= 0.6 is 0 Å². The lowest BCUT2D eigenvalue weighted by atomic mass is 9.99. The van der Waals surface area contributed by atoms with Crippen LogP contribution in [0.3, 0.4) is 0 Å². The van der Waals surface area contributed by atoms with Gasteiger partial charge in [0.25, 0.3) is 0 Å². The number of hydrogen-bond acceptors (Lipinski definition) is 6. The molecule has 6 heteroatoms. The molecule has 0 aliphatic rings. The minimum Gasteiger partial charge on any atom is -0.436 e. The van der Waals surface area contributed by atoms with Crippen LogP contribution in [0, 0.1) is 0 Å². The van der Waals surface area contributed by atoms with Gasteiger partial charge in [0.1, 0.15) is 11.0 Å². The van der Waals surface area contributed by atoms with Gasteiger partial charge in [-0.05, 0) is 172 Å². The smallest absolute Gasteiger partial charge is 0.227 e. The molecule has 0 N–H and O–H groups in total. The average Bonchev–Trinajstić information content (AvgIpc) is 4.10. The Labute approximate surface area is 417 Å². The lowest BCUT2D eigenvalue weighted by Crippen LogP contribution is -2.10. The molecule has 0 amide bonds. The molecule has 0 saturated heterocycles. The number of benzene rings is 11. The van der Waals surface area contributed by atoms with E-state index >= 15 is 0 Å². The molecule has 0 radical (unpaired) electrons. The van der Waals surface area contributed by atoms with E-state index in [0.717, 1.165) is 106 Å². The monoisotopic (exact) mass is 924 g/mol. The number of para-hydroxylation sites is 4. The van der Waals surface area contributed by atoms with Gasteiger partial charge >= 0.3 is 0 Å². The average molecular weight is 925 g/mol. The second kappa shape index (κ2) is 18.3. The van der Waals surface area contributed by atoms with Crippen molar-refractivity contribution in [2.45, 2.75) is 0 Å². The Bertz CT molecular complexity index is 3980. The van der Waals surface area contributed by atoms with Crippen molar-refractivity contribution >= 4 is 67.1 Å². The molecule has 340 valence electrons. The second-order valence-corrected chi connectivity index (χ2v) is 17.9. The minimum atomic E-state index is 0.599. The zero-order chi connectivity index (χ0) is 47.8. The zero-order valence-corrected chi connectivity index (χ0v) is 39.0. The maximum Gasteiger partial charge on any atom is 0.227 e. The largest absolute Gasteiger partial charge is 0.436 e. The molecule has 0 unspecified atom stereocenters. The molecular formula is C66H44N4O2. The number of aromatic nitrogens is 2. The summed E-state index contributed by atoms with van der Waals surface area (Å²) in [5.41, 5.74) is 18.2. The topological polar surface area (TPSA) is 58.5 Å². The third kappa shape index (κ3) is 8.23. The maximum atomic E-state index is 6.16. The Hall–Kier alpha value is -9.78. The Balaban J connectivity index is 0.858. The predicted molar refractivity (Wildman–Crippen MR) is 296 cm³/mol.